The third-order valence-corrected chi connectivity index (χ3v) is 4.43. The van der Waals surface area contributed by atoms with Gasteiger partial charge < -0.3 is 5.11 Å². The minimum atomic E-state index is -0.0865. The molecule has 2 aromatic carbocycles. The van der Waals surface area contributed by atoms with Crippen LogP contribution in [0.4, 0.5) is 0 Å². The van der Waals surface area contributed by atoms with Gasteiger partial charge in [0.25, 0.3) is 0 Å². The van der Waals surface area contributed by atoms with Gasteiger partial charge >= 0.3 is 0 Å². The number of phenols is 1. The standard InChI is InChI=1S/C12H5Cl5O/c13-7-3-5(4-8(14)11(7)16)6-1-2-9(18)12(17)10(6)15/h1-4,18H. The Morgan fingerprint density at radius 3 is 1.83 bits per heavy atom. The number of rotatable bonds is 1. The minimum Gasteiger partial charge on any atom is -0.506 e. The van der Waals surface area contributed by atoms with Crippen molar-refractivity contribution in [3.8, 4) is 16.9 Å². The molecule has 0 bridgehead atoms. The summed E-state index contributed by atoms with van der Waals surface area (Å²) < 4.78 is 0. The van der Waals surface area contributed by atoms with E-state index in [4.69, 9.17) is 58.0 Å². The van der Waals surface area contributed by atoms with Crippen molar-refractivity contribution < 1.29 is 5.11 Å². The lowest BCUT2D eigenvalue weighted by molar-refractivity contribution is 0.475. The Hall–Kier alpha value is -0.310. The zero-order valence-electron chi connectivity index (χ0n) is 8.65. The van der Waals surface area contributed by atoms with Gasteiger partial charge in [0, 0.05) is 5.56 Å². The normalized spacial score (nSPS) is 10.7. The van der Waals surface area contributed by atoms with Crippen molar-refractivity contribution in [2.45, 2.75) is 0 Å². The van der Waals surface area contributed by atoms with Crippen molar-refractivity contribution in [1.29, 1.82) is 0 Å². The average molecular weight is 342 g/mol. The van der Waals surface area contributed by atoms with Crippen molar-refractivity contribution in [1.82, 2.24) is 0 Å². The minimum absolute atomic E-state index is 0.0800. The van der Waals surface area contributed by atoms with Crippen molar-refractivity contribution in [2.24, 2.45) is 0 Å². The molecule has 0 aliphatic rings. The monoisotopic (exact) mass is 340 g/mol. The van der Waals surface area contributed by atoms with E-state index < -0.39 is 0 Å². The van der Waals surface area contributed by atoms with Gasteiger partial charge in [0.15, 0.2) is 0 Å². The molecule has 0 heterocycles. The molecule has 94 valence electrons. The van der Waals surface area contributed by atoms with Crippen LogP contribution in [0, 0.1) is 0 Å². The van der Waals surface area contributed by atoms with E-state index >= 15 is 0 Å². The molecule has 2 rings (SSSR count). The molecule has 2 aromatic rings. The summed E-state index contributed by atoms with van der Waals surface area (Å²) in [5.74, 6) is -0.0865. The molecule has 0 aliphatic heterocycles. The number of phenolic OH excluding ortho intramolecular Hbond substituents is 1. The highest BCUT2D eigenvalue weighted by Gasteiger charge is 2.13. The molecule has 0 aliphatic carbocycles. The molecule has 6 heteroatoms. The molecule has 0 saturated heterocycles. The summed E-state index contributed by atoms with van der Waals surface area (Å²) in [4.78, 5) is 0. The smallest absolute Gasteiger partial charge is 0.135 e. The molecule has 0 saturated carbocycles. The summed E-state index contributed by atoms with van der Waals surface area (Å²) in [5.41, 5.74) is 1.28. The molecular formula is C12H5Cl5O. The zero-order chi connectivity index (χ0) is 13.4. The van der Waals surface area contributed by atoms with Gasteiger partial charge in [0.05, 0.1) is 20.1 Å². The van der Waals surface area contributed by atoms with Crippen LogP contribution >= 0.6 is 58.0 Å². The van der Waals surface area contributed by atoms with Crippen LogP contribution in [0.1, 0.15) is 0 Å². The van der Waals surface area contributed by atoms with E-state index in [2.05, 4.69) is 0 Å². The Kier molecular flexibility index (Phi) is 4.20. The average Bonchev–Trinajstić information content (AvgIpc) is 2.33. The number of halogens is 5. The fourth-order valence-electron chi connectivity index (χ4n) is 1.47. The summed E-state index contributed by atoms with van der Waals surface area (Å²) >= 11 is 29.7. The maximum atomic E-state index is 9.44. The first-order valence-electron chi connectivity index (χ1n) is 4.73. The first kappa shape index (κ1) is 14.1. The van der Waals surface area contributed by atoms with Crippen LogP contribution < -0.4 is 0 Å². The topological polar surface area (TPSA) is 20.2 Å². The van der Waals surface area contributed by atoms with E-state index in [-0.39, 0.29) is 20.8 Å². The van der Waals surface area contributed by atoms with Gasteiger partial charge in [-0.3, -0.25) is 0 Å². The van der Waals surface area contributed by atoms with Crippen LogP contribution in [-0.4, -0.2) is 5.11 Å². The van der Waals surface area contributed by atoms with Crippen LogP contribution in [0.2, 0.25) is 25.1 Å². The summed E-state index contributed by atoms with van der Waals surface area (Å²) in [6.45, 7) is 0. The van der Waals surface area contributed by atoms with Crippen LogP contribution in [0.25, 0.3) is 11.1 Å². The Balaban J connectivity index is 2.67. The molecule has 0 unspecified atom stereocenters. The number of hydrogen-bond donors (Lipinski definition) is 1. The second-order valence-corrected chi connectivity index (χ2v) is 5.46. The molecule has 0 fully saturated rings. The van der Waals surface area contributed by atoms with E-state index in [1.165, 1.54) is 6.07 Å². The van der Waals surface area contributed by atoms with Gasteiger partial charge in [-0.05, 0) is 29.8 Å². The Labute approximate surface area is 129 Å². The molecule has 1 N–H and O–H groups in total. The maximum absolute atomic E-state index is 9.44. The summed E-state index contributed by atoms with van der Waals surface area (Å²) in [7, 11) is 0. The second kappa shape index (κ2) is 5.36. The van der Waals surface area contributed by atoms with Crippen LogP contribution in [-0.2, 0) is 0 Å². The van der Waals surface area contributed by atoms with Crippen LogP contribution in [0.3, 0.4) is 0 Å². The van der Waals surface area contributed by atoms with E-state index in [0.29, 0.717) is 21.2 Å². The molecule has 0 radical (unpaired) electrons. The van der Waals surface area contributed by atoms with E-state index in [1.54, 1.807) is 18.2 Å². The lowest BCUT2D eigenvalue weighted by Gasteiger charge is -2.09. The predicted octanol–water partition coefficient (Wildman–Crippen LogP) is 6.33. The van der Waals surface area contributed by atoms with Gasteiger partial charge in [-0.1, -0.05) is 58.0 Å². The number of hydrogen-bond acceptors (Lipinski definition) is 1. The third-order valence-electron chi connectivity index (χ3n) is 2.36. The summed E-state index contributed by atoms with van der Waals surface area (Å²) in [6, 6.07) is 6.33. The Bertz CT molecular complexity index is 601. The quantitative estimate of drug-likeness (QED) is 0.601. The maximum Gasteiger partial charge on any atom is 0.135 e. The third kappa shape index (κ3) is 2.52. The van der Waals surface area contributed by atoms with Crippen molar-refractivity contribution in [3.05, 3.63) is 49.4 Å². The second-order valence-electron chi connectivity index (χ2n) is 3.51. The highest BCUT2D eigenvalue weighted by atomic mass is 35.5. The predicted molar refractivity (Wildman–Crippen MR) is 78.6 cm³/mol. The molecule has 0 atom stereocenters. The van der Waals surface area contributed by atoms with E-state index in [9.17, 15) is 5.11 Å². The largest absolute Gasteiger partial charge is 0.506 e. The highest BCUT2D eigenvalue weighted by molar-refractivity contribution is 6.48. The highest BCUT2D eigenvalue weighted by Crippen LogP contribution is 2.42. The van der Waals surface area contributed by atoms with Gasteiger partial charge in [0.2, 0.25) is 0 Å². The molecule has 18 heavy (non-hydrogen) atoms. The van der Waals surface area contributed by atoms with Gasteiger partial charge in [-0.2, -0.15) is 0 Å². The summed E-state index contributed by atoms with van der Waals surface area (Å²) in [5, 5.41) is 10.7. The molecule has 0 spiro atoms. The Morgan fingerprint density at radius 2 is 1.28 bits per heavy atom. The lowest BCUT2D eigenvalue weighted by atomic mass is 10.1. The summed E-state index contributed by atoms with van der Waals surface area (Å²) in [6.07, 6.45) is 0. The molecule has 1 nitrogen and oxygen atoms in total. The first-order chi connectivity index (χ1) is 8.41. The van der Waals surface area contributed by atoms with Crippen molar-refractivity contribution in [2.75, 3.05) is 0 Å². The van der Waals surface area contributed by atoms with E-state index in [0.717, 1.165) is 0 Å². The SMILES string of the molecule is Oc1ccc(-c2cc(Cl)c(Cl)c(Cl)c2)c(Cl)c1Cl. The van der Waals surface area contributed by atoms with E-state index in [1.807, 2.05) is 0 Å². The van der Waals surface area contributed by atoms with Gasteiger partial charge in [0.1, 0.15) is 10.8 Å². The number of benzene rings is 2. The fraction of sp³-hybridized carbons (Fsp3) is 0. The number of aromatic hydroxyl groups is 1. The van der Waals surface area contributed by atoms with Crippen molar-refractivity contribution in [3.63, 3.8) is 0 Å². The fourth-order valence-corrected chi connectivity index (χ4v) is 2.50. The van der Waals surface area contributed by atoms with Crippen LogP contribution in [0.5, 0.6) is 5.75 Å². The molecular weight excluding hydrogens is 337 g/mol. The zero-order valence-corrected chi connectivity index (χ0v) is 12.4. The van der Waals surface area contributed by atoms with Gasteiger partial charge in [-0.25, -0.2) is 0 Å². The van der Waals surface area contributed by atoms with Crippen LogP contribution in [0.15, 0.2) is 24.3 Å². The molecule has 0 amide bonds. The lowest BCUT2D eigenvalue weighted by Crippen LogP contribution is -1.83. The van der Waals surface area contributed by atoms with Crippen molar-refractivity contribution >= 4 is 58.0 Å². The molecule has 0 aromatic heterocycles. The first-order valence-corrected chi connectivity index (χ1v) is 6.62. The van der Waals surface area contributed by atoms with Gasteiger partial charge in [-0.15, -0.1) is 0 Å². The Morgan fingerprint density at radius 1 is 0.722 bits per heavy atom.